The van der Waals surface area contributed by atoms with Crippen molar-refractivity contribution in [2.24, 2.45) is 0 Å². The second kappa shape index (κ2) is 7.81. The molecule has 4 aromatic rings. The summed E-state index contributed by atoms with van der Waals surface area (Å²) in [6, 6.07) is 7.50. The van der Waals surface area contributed by atoms with Gasteiger partial charge in [0.05, 0.1) is 30.7 Å². The molecule has 1 aliphatic heterocycles. The Bertz CT molecular complexity index is 1190. The number of anilines is 3. The highest BCUT2D eigenvalue weighted by Crippen LogP contribution is 2.31. The maximum atomic E-state index is 13.9. The Morgan fingerprint density at radius 3 is 2.80 bits per heavy atom. The predicted octanol–water partition coefficient (Wildman–Crippen LogP) is 3.14. The Kier molecular flexibility index (Phi) is 4.85. The van der Waals surface area contributed by atoms with Crippen LogP contribution >= 0.6 is 11.3 Å². The lowest BCUT2D eigenvalue weighted by atomic mass is 10.2. The molecule has 0 unspecified atom stereocenters. The molecule has 152 valence electrons. The smallest absolute Gasteiger partial charge is 0.268 e. The van der Waals surface area contributed by atoms with E-state index >= 15 is 0 Å². The fourth-order valence-corrected chi connectivity index (χ4v) is 4.09. The van der Waals surface area contributed by atoms with Gasteiger partial charge >= 0.3 is 0 Å². The summed E-state index contributed by atoms with van der Waals surface area (Å²) in [5, 5.41) is 6.61. The van der Waals surface area contributed by atoms with Gasteiger partial charge in [0, 0.05) is 30.9 Å². The quantitative estimate of drug-likeness (QED) is 0.501. The van der Waals surface area contributed by atoms with E-state index in [0.29, 0.717) is 35.2 Å². The van der Waals surface area contributed by atoms with Gasteiger partial charge in [-0.1, -0.05) is 6.07 Å². The number of amides is 1. The van der Waals surface area contributed by atoms with Crippen LogP contribution in [0.25, 0.3) is 5.65 Å². The van der Waals surface area contributed by atoms with Crippen molar-refractivity contribution in [2.45, 2.75) is 0 Å². The first-order valence-electron chi connectivity index (χ1n) is 9.37. The number of hydrogen-bond acceptors (Lipinski definition) is 7. The number of carbonyl (C=O) groups excluding carboxylic acids is 1. The number of hydrogen-bond donors (Lipinski definition) is 0. The number of fused-ring (bicyclic) bond motifs is 1. The van der Waals surface area contributed by atoms with Gasteiger partial charge < -0.3 is 9.64 Å². The molecule has 1 saturated heterocycles. The molecule has 1 fully saturated rings. The first kappa shape index (κ1) is 18.6. The zero-order valence-corrected chi connectivity index (χ0v) is 16.6. The first-order chi connectivity index (χ1) is 14.7. The topological polar surface area (TPSA) is 75.9 Å². The van der Waals surface area contributed by atoms with Gasteiger partial charge in [-0.15, -0.1) is 11.3 Å². The van der Waals surface area contributed by atoms with Crippen LogP contribution in [0.4, 0.5) is 21.0 Å². The minimum Gasteiger partial charge on any atom is -0.378 e. The number of morpholine rings is 1. The molecule has 0 N–H and O–H groups in total. The number of rotatable bonds is 4. The SMILES string of the molecule is O=C(c1ccnn2c(N3CCOCC3)cnc12)N(c1cccc(F)c1)c1nccs1. The standard InChI is InChI=1S/C20H17FN6O2S/c21-14-2-1-3-15(12-14)26(20-22-6-11-30-20)19(28)16-4-5-24-27-17(13-23-18(16)27)25-7-9-29-10-8-25/h1-6,11-13H,7-10H2. The summed E-state index contributed by atoms with van der Waals surface area (Å²) < 4.78 is 21.0. The van der Waals surface area contributed by atoms with E-state index < -0.39 is 5.82 Å². The molecule has 1 amide bonds. The van der Waals surface area contributed by atoms with Crippen LogP contribution in [0.3, 0.4) is 0 Å². The van der Waals surface area contributed by atoms with Crippen molar-refractivity contribution in [1.29, 1.82) is 0 Å². The van der Waals surface area contributed by atoms with Gasteiger partial charge in [0.2, 0.25) is 0 Å². The maximum Gasteiger partial charge on any atom is 0.268 e. The van der Waals surface area contributed by atoms with Gasteiger partial charge in [-0.3, -0.25) is 9.69 Å². The second-order valence-electron chi connectivity index (χ2n) is 6.63. The van der Waals surface area contributed by atoms with Crippen molar-refractivity contribution in [2.75, 3.05) is 36.1 Å². The molecule has 5 rings (SSSR count). The van der Waals surface area contributed by atoms with E-state index in [2.05, 4.69) is 20.0 Å². The lowest BCUT2D eigenvalue weighted by Gasteiger charge is -2.27. The van der Waals surface area contributed by atoms with E-state index in [0.717, 1.165) is 18.9 Å². The minimum atomic E-state index is -0.433. The summed E-state index contributed by atoms with van der Waals surface area (Å²) in [4.78, 5) is 25.9. The zero-order valence-electron chi connectivity index (χ0n) is 15.8. The molecule has 0 aliphatic carbocycles. The van der Waals surface area contributed by atoms with Crippen LogP contribution in [0, 0.1) is 5.82 Å². The number of carbonyl (C=O) groups is 1. The third kappa shape index (κ3) is 3.29. The number of halogens is 1. The van der Waals surface area contributed by atoms with Crippen LogP contribution in [0.1, 0.15) is 10.4 Å². The van der Waals surface area contributed by atoms with Gasteiger partial charge in [-0.2, -0.15) is 9.61 Å². The second-order valence-corrected chi connectivity index (χ2v) is 7.50. The van der Waals surface area contributed by atoms with Crippen LogP contribution in [0.15, 0.2) is 54.3 Å². The highest BCUT2D eigenvalue weighted by atomic mass is 32.1. The van der Waals surface area contributed by atoms with Crippen molar-refractivity contribution >= 4 is 39.5 Å². The molecular weight excluding hydrogens is 407 g/mol. The Balaban J connectivity index is 1.59. The van der Waals surface area contributed by atoms with Crippen molar-refractivity contribution in [3.63, 3.8) is 0 Å². The average Bonchev–Trinajstić information content (AvgIpc) is 3.44. The minimum absolute atomic E-state index is 0.351. The van der Waals surface area contributed by atoms with Gasteiger partial charge in [0.1, 0.15) is 5.82 Å². The van der Waals surface area contributed by atoms with E-state index in [1.54, 1.807) is 46.7 Å². The predicted molar refractivity (Wildman–Crippen MR) is 111 cm³/mol. The normalized spacial score (nSPS) is 14.2. The molecule has 3 aromatic heterocycles. The lowest BCUT2D eigenvalue weighted by molar-refractivity contribution is 0.1000. The average molecular weight is 424 g/mol. The molecule has 1 aromatic carbocycles. The summed E-state index contributed by atoms with van der Waals surface area (Å²) in [5.41, 5.74) is 1.18. The number of benzene rings is 1. The van der Waals surface area contributed by atoms with E-state index in [1.807, 2.05) is 0 Å². The fourth-order valence-electron chi connectivity index (χ4n) is 3.43. The van der Waals surface area contributed by atoms with Crippen LogP contribution in [0.5, 0.6) is 0 Å². The van der Waals surface area contributed by atoms with E-state index in [1.165, 1.54) is 28.4 Å². The van der Waals surface area contributed by atoms with Crippen molar-refractivity contribution < 1.29 is 13.9 Å². The molecule has 4 heterocycles. The summed E-state index contributed by atoms with van der Waals surface area (Å²) in [6.07, 6.45) is 4.88. The van der Waals surface area contributed by atoms with Crippen LogP contribution in [-0.2, 0) is 4.74 Å². The van der Waals surface area contributed by atoms with E-state index in [9.17, 15) is 9.18 Å². The third-order valence-electron chi connectivity index (χ3n) is 4.83. The highest BCUT2D eigenvalue weighted by Gasteiger charge is 2.26. The largest absolute Gasteiger partial charge is 0.378 e. The maximum absolute atomic E-state index is 13.9. The third-order valence-corrected chi connectivity index (χ3v) is 5.59. The lowest BCUT2D eigenvalue weighted by Crippen LogP contribution is -2.37. The van der Waals surface area contributed by atoms with Gasteiger partial charge in [-0.05, 0) is 24.3 Å². The molecule has 8 nitrogen and oxygen atoms in total. The van der Waals surface area contributed by atoms with E-state index in [-0.39, 0.29) is 5.91 Å². The first-order valence-corrected chi connectivity index (χ1v) is 10.3. The number of nitrogens with zero attached hydrogens (tertiary/aromatic N) is 6. The molecule has 0 saturated carbocycles. The van der Waals surface area contributed by atoms with Gasteiger partial charge in [0.25, 0.3) is 5.91 Å². The summed E-state index contributed by atoms with van der Waals surface area (Å²) in [5.74, 6) is 0.00808. The van der Waals surface area contributed by atoms with Gasteiger partial charge in [-0.25, -0.2) is 14.4 Å². The Labute approximate surface area is 175 Å². The molecule has 0 spiro atoms. The van der Waals surface area contributed by atoms with Crippen molar-refractivity contribution in [1.82, 2.24) is 19.6 Å². The molecule has 1 aliphatic rings. The van der Waals surface area contributed by atoms with Crippen LogP contribution < -0.4 is 9.80 Å². The fraction of sp³-hybridized carbons (Fsp3) is 0.200. The zero-order chi connectivity index (χ0) is 20.5. The van der Waals surface area contributed by atoms with Crippen LogP contribution in [0.2, 0.25) is 0 Å². The summed E-state index contributed by atoms with van der Waals surface area (Å²) >= 11 is 1.29. The number of ether oxygens (including phenoxy) is 1. The monoisotopic (exact) mass is 424 g/mol. The molecule has 0 atom stereocenters. The van der Waals surface area contributed by atoms with Gasteiger partial charge in [0.15, 0.2) is 16.6 Å². The summed E-state index contributed by atoms with van der Waals surface area (Å²) in [6.45, 7) is 2.71. The molecular formula is C20H17FN6O2S. The molecule has 10 heteroatoms. The molecule has 30 heavy (non-hydrogen) atoms. The van der Waals surface area contributed by atoms with E-state index in [4.69, 9.17) is 4.74 Å². The summed E-state index contributed by atoms with van der Waals surface area (Å²) in [7, 11) is 0. The van der Waals surface area contributed by atoms with Crippen LogP contribution in [-0.4, -0.2) is 51.8 Å². The number of imidazole rings is 1. The highest BCUT2D eigenvalue weighted by molar-refractivity contribution is 7.14. The Hall–Kier alpha value is -3.37. The van der Waals surface area contributed by atoms with Crippen molar-refractivity contribution in [3.05, 3.63) is 65.7 Å². The number of thiazole rings is 1. The molecule has 0 radical (unpaired) electrons. The number of aromatic nitrogens is 4. The Morgan fingerprint density at radius 2 is 2.03 bits per heavy atom. The molecule has 0 bridgehead atoms. The Morgan fingerprint density at radius 1 is 1.17 bits per heavy atom. The van der Waals surface area contributed by atoms with Crippen molar-refractivity contribution in [3.8, 4) is 0 Å².